The maximum absolute atomic E-state index is 14.8. The molecule has 0 spiro atoms. The number of hydrogen-bond donors (Lipinski definition) is 0. The Labute approximate surface area is 124 Å². The maximum atomic E-state index is 14.8. The van der Waals surface area contributed by atoms with Crippen LogP contribution in [0.2, 0.25) is 0 Å². The number of benzene rings is 3. The van der Waals surface area contributed by atoms with Gasteiger partial charge in [-0.15, -0.1) is 0 Å². The molecule has 1 heterocycles. The summed E-state index contributed by atoms with van der Waals surface area (Å²) in [6.45, 7) is 1.90. The van der Waals surface area contributed by atoms with Gasteiger partial charge in [-0.1, -0.05) is 17.7 Å². The molecule has 0 saturated heterocycles. The van der Waals surface area contributed by atoms with Crippen molar-refractivity contribution >= 4 is 32.7 Å². The minimum absolute atomic E-state index is 0.0141. The Kier molecular flexibility index (Phi) is 2.64. The fourth-order valence-electron chi connectivity index (χ4n) is 2.86. The zero-order valence-corrected chi connectivity index (χ0v) is 12.0. The van der Waals surface area contributed by atoms with Crippen molar-refractivity contribution in [2.45, 2.75) is 6.92 Å². The third-order valence-corrected chi connectivity index (χ3v) is 3.96. The van der Waals surface area contributed by atoms with Crippen LogP contribution in [0.5, 0.6) is 5.75 Å². The lowest BCUT2D eigenvalue weighted by Crippen LogP contribution is -1.87. The number of fused-ring (bicyclic) bond motifs is 4. The maximum Gasteiger partial charge on any atom is 0.208 e. The van der Waals surface area contributed by atoms with Crippen molar-refractivity contribution < 1.29 is 17.9 Å². The van der Waals surface area contributed by atoms with Gasteiger partial charge in [0, 0.05) is 16.2 Å². The third kappa shape index (κ3) is 1.64. The van der Waals surface area contributed by atoms with E-state index in [0.717, 1.165) is 10.9 Å². The quantitative estimate of drug-likeness (QED) is 0.473. The topological polar surface area (TPSA) is 22.4 Å². The summed E-state index contributed by atoms with van der Waals surface area (Å²) in [5.74, 6) is -1.01. The molecule has 22 heavy (non-hydrogen) atoms. The summed E-state index contributed by atoms with van der Waals surface area (Å²) < 4.78 is 39.5. The third-order valence-electron chi connectivity index (χ3n) is 3.96. The summed E-state index contributed by atoms with van der Waals surface area (Å²) in [5.41, 5.74) is 1.04. The smallest absolute Gasteiger partial charge is 0.208 e. The predicted molar refractivity (Wildman–Crippen MR) is 82.4 cm³/mol. The molecule has 0 bridgehead atoms. The van der Waals surface area contributed by atoms with Gasteiger partial charge in [0.05, 0.1) is 7.11 Å². The van der Waals surface area contributed by atoms with Gasteiger partial charge in [-0.25, -0.2) is 4.39 Å². The summed E-state index contributed by atoms with van der Waals surface area (Å²) in [6.07, 6.45) is 0. The fourth-order valence-corrected chi connectivity index (χ4v) is 2.86. The lowest BCUT2D eigenvalue weighted by atomic mass is 10.0. The zero-order valence-electron chi connectivity index (χ0n) is 12.0. The number of rotatable bonds is 1. The highest BCUT2D eigenvalue weighted by Gasteiger charge is 2.19. The summed E-state index contributed by atoms with van der Waals surface area (Å²) in [6, 6.07) is 10.6. The Morgan fingerprint density at radius 3 is 2.41 bits per heavy atom. The predicted octanol–water partition coefficient (Wildman–Crippen LogP) is 5.33. The minimum atomic E-state index is -0.615. The molecule has 0 fully saturated rings. The van der Waals surface area contributed by atoms with Crippen LogP contribution in [0, 0.1) is 18.6 Å². The molecular weight excluding hydrogens is 286 g/mol. The first kappa shape index (κ1) is 13.1. The molecule has 0 unspecified atom stereocenters. The SMILES string of the molecule is COc1ccc2c(oc3c(F)c4cc(C)ccc4cc32)c1F. The molecule has 0 N–H and O–H groups in total. The molecule has 2 nitrogen and oxygen atoms in total. The highest BCUT2D eigenvalue weighted by atomic mass is 19.1. The first-order chi connectivity index (χ1) is 10.6. The molecule has 110 valence electrons. The van der Waals surface area contributed by atoms with Gasteiger partial charge >= 0.3 is 0 Å². The van der Waals surface area contributed by atoms with Crippen molar-refractivity contribution in [2.75, 3.05) is 7.11 Å². The average Bonchev–Trinajstić information content (AvgIpc) is 2.89. The molecule has 1 aromatic heterocycles. The highest BCUT2D eigenvalue weighted by molar-refractivity contribution is 6.10. The largest absolute Gasteiger partial charge is 0.494 e. The normalized spacial score (nSPS) is 11.6. The van der Waals surface area contributed by atoms with Crippen molar-refractivity contribution in [2.24, 2.45) is 0 Å². The molecule has 0 aliphatic carbocycles. The lowest BCUT2D eigenvalue weighted by molar-refractivity contribution is 0.385. The number of hydrogen-bond acceptors (Lipinski definition) is 2. The van der Waals surface area contributed by atoms with E-state index >= 15 is 0 Å². The van der Waals surface area contributed by atoms with Gasteiger partial charge in [-0.05, 0) is 36.6 Å². The van der Waals surface area contributed by atoms with Gasteiger partial charge in [0.2, 0.25) is 5.82 Å². The van der Waals surface area contributed by atoms with Crippen LogP contribution in [0.1, 0.15) is 5.56 Å². The highest BCUT2D eigenvalue weighted by Crippen LogP contribution is 2.38. The van der Waals surface area contributed by atoms with Crippen molar-refractivity contribution in [1.82, 2.24) is 0 Å². The first-order valence-corrected chi connectivity index (χ1v) is 6.87. The van der Waals surface area contributed by atoms with E-state index in [1.165, 1.54) is 13.2 Å². The Morgan fingerprint density at radius 1 is 0.864 bits per heavy atom. The number of methoxy groups -OCH3 is 1. The summed E-state index contributed by atoms with van der Waals surface area (Å²) in [5, 5.41) is 2.33. The second-order valence-electron chi connectivity index (χ2n) is 5.35. The lowest BCUT2D eigenvalue weighted by Gasteiger charge is -2.02. The Bertz CT molecular complexity index is 1050. The summed E-state index contributed by atoms with van der Waals surface area (Å²) >= 11 is 0. The summed E-state index contributed by atoms with van der Waals surface area (Å²) in [7, 11) is 1.38. The van der Waals surface area contributed by atoms with Crippen LogP contribution in [0.15, 0.2) is 40.8 Å². The molecular formula is C18H12F2O2. The van der Waals surface area contributed by atoms with E-state index in [2.05, 4.69) is 0 Å². The second kappa shape index (κ2) is 4.44. The van der Waals surface area contributed by atoms with E-state index in [-0.39, 0.29) is 16.9 Å². The molecule has 4 aromatic rings. The molecule has 0 aliphatic heterocycles. The van der Waals surface area contributed by atoms with Crippen LogP contribution in [0.3, 0.4) is 0 Å². The van der Waals surface area contributed by atoms with E-state index in [4.69, 9.17) is 9.15 Å². The Morgan fingerprint density at radius 2 is 1.64 bits per heavy atom. The monoisotopic (exact) mass is 298 g/mol. The van der Waals surface area contributed by atoms with Gasteiger partial charge in [0.25, 0.3) is 0 Å². The van der Waals surface area contributed by atoms with Gasteiger partial charge < -0.3 is 9.15 Å². The molecule has 0 amide bonds. The minimum Gasteiger partial charge on any atom is -0.494 e. The van der Waals surface area contributed by atoms with E-state index in [0.29, 0.717) is 16.2 Å². The van der Waals surface area contributed by atoms with E-state index in [1.807, 2.05) is 25.1 Å². The number of ether oxygens (including phenoxy) is 1. The Hall–Kier alpha value is -2.62. The van der Waals surface area contributed by atoms with Gasteiger partial charge in [-0.3, -0.25) is 0 Å². The molecule has 0 radical (unpaired) electrons. The van der Waals surface area contributed by atoms with Crippen LogP contribution in [-0.4, -0.2) is 7.11 Å². The number of halogens is 2. The molecule has 4 heteroatoms. The van der Waals surface area contributed by atoms with E-state index in [1.54, 1.807) is 12.1 Å². The van der Waals surface area contributed by atoms with E-state index in [9.17, 15) is 8.78 Å². The standard InChI is InChI=1S/C18H12F2O2/c1-9-3-4-10-8-13-11-5-6-14(21-2)16(20)17(11)22-18(13)15(19)12(10)7-9/h3-8H,1-2H3. The molecule has 0 saturated carbocycles. The Balaban J connectivity index is 2.21. The van der Waals surface area contributed by atoms with Crippen molar-refractivity contribution in [3.05, 3.63) is 53.6 Å². The number of furan rings is 1. The zero-order chi connectivity index (χ0) is 15.4. The average molecular weight is 298 g/mol. The number of aryl methyl sites for hydroxylation is 1. The molecule has 0 atom stereocenters. The van der Waals surface area contributed by atoms with E-state index < -0.39 is 11.6 Å². The van der Waals surface area contributed by atoms with Crippen molar-refractivity contribution in [3.8, 4) is 5.75 Å². The van der Waals surface area contributed by atoms with Crippen LogP contribution >= 0.6 is 0 Å². The van der Waals surface area contributed by atoms with Crippen LogP contribution < -0.4 is 4.74 Å². The van der Waals surface area contributed by atoms with Crippen LogP contribution in [0.25, 0.3) is 32.7 Å². The van der Waals surface area contributed by atoms with Crippen LogP contribution in [0.4, 0.5) is 8.78 Å². The molecule has 0 aliphatic rings. The van der Waals surface area contributed by atoms with Crippen molar-refractivity contribution in [1.29, 1.82) is 0 Å². The van der Waals surface area contributed by atoms with Gasteiger partial charge in [0.15, 0.2) is 22.7 Å². The fraction of sp³-hybridized carbons (Fsp3) is 0.111. The first-order valence-electron chi connectivity index (χ1n) is 6.87. The second-order valence-corrected chi connectivity index (χ2v) is 5.35. The molecule has 4 rings (SSSR count). The van der Waals surface area contributed by atoms with Crippen molar-refractivity contribution in [3.63, 3.8) is 0 Å². The summed E-state index contributed by atoms with van der Waals surface area (Å²) in [4.78, 5) is 0. The van der Waals surface area contributed by atoms with Crippen LogP contribution in [-0.2, 0) is 0 Å². The molecule has 3 aromatic carbocycles. The van der Waals surface area contributed by atoms with Gasteiger partial charge in [-0.2, -0.15) is 4.39 Å². The van der Waals surface area contributed by atoms with Gasteiger partial charge in [0.1, 0.15) is 0 Å².